The number of hydrogen-bond acceptors (Lipinski definition) is 8. The Kier molecular flexibility index (Phi) is 39.5. The molecule has 0 bridgehead atoms. The predicted octanol–water partition coefficient (Wildman–Crippen LogP) is 11.9. The molecular weight excluding hydrogens is 790 g/mol. The molecule has 0 spiro atoms. The fourth-order valence-electron chi connectivity index (χ4n) is 5.92. The lowest BCUT2D eigenvalue weighted by atomic mass is 10.0. The van der Waals surface area contributed by atoms with E-state index in [1.54, 1.807) is 0 Å². The molecule has 346 valence electrons. The van der Waals surface area contributed by atoms with Crippen LogP contribution in [0.25, 0.3) is 0 Å². The summed E-state index contributed by atoms with van der Waals surface area (Å²) in [6.45, 7) is 27.1. The summed E-state index contributed by atoms with van der Waals surface area (Å²) < 4.78 is 17.1. The lowest BCUT2D eigenvalue weighted by Crippen LogP contribution is -2.24. The van der Waals surface area contributed by atoms with Crippen LogP contribution in [0.3, 0.4) is 0 Å². The molecule has 0 unspecified atom stereocenters. The van der Waals surface area contributed by atoms with Crippen LogP contribution in [0.2, 0.25) is 0 Å². The highest BCUT2D eigenvalue weighted by molar-refractivity contribution is 7.40. The van der Waals surface area contributed by atoms with Crippen molar-refractivity contribution in [1.29, 1.82) is 0 Å². The van der Waals surface area contributed by atoms with Crippen molar-refractivity contribution < 1.29 is 38.5 Å². The first-order valence-corrected chi connectivity index (χ1v) is 24.7. The van der Waals surface area contributed by atoms with Crippen molar-refractivity contribution in [3.8, 4) is 0 Å². The molecule has 0 saturated heterocycles. The maximum Gasteiger partial charge on any atom is -0.0288 e. The summed E-state index contributed by atoms with van der Waals surface area (Å²) in [6, 6.07) is 0. The van der Waals surface area contributed by atoms with E-state index in [1.165, 1.54) is 152 Å². The van der Waals surface area contributed by atoms with Crippen molar-refractivity contribution in [3.63, 3.8) is 0 Å². The standard InChI is InChI=1S/C50H82.2H3O4P/c1-13-42(4)24-15-26-44(6)28-17-30-46(8)32-19-34-48(10)36-21-38-50(12)40-22-39-49(11)37-20-35-47(9)33-18-31-45(7)29-16-27-43(5)25-14-23-41(2)3;2*1-5(2,3)4/h13,23,26-27,30-31,34-35,38-39H,14-22,24-25,28-29,32-33,36-37,40H2,1-12H3;2*(H3,1,2,3,4)/p-6. The number of phosphoric acid groups is 2. The fourth-order valence-corrected chi connectivity index (χ4v) is 5.92. The summed E-state index contributed by atoms with van der Waals surface area (Å²) in [7, 11) is -10.8. The van der Waals surface area contributed by atoms with Crippen LogP contribution in [0, 0.1) is 0 Å². The lowest BCUT2D eigenvalue weighted by Gasteiger charge is -2.36. The van der Waals surface area contributed by atoms with Gasteiger partial charge in [-0.15, -0.1) is 0 Å². The van der Waals surface area contributed by atoms with Crippen LogP contribution < -0.4 is 29.4 Å². The highest BCUT2D eigenvalue weighted by Crippen LogP contribution is 2.18. The van der Waals surface area contributed by atoms with Gasteiger partial charge >= 0.3 is 0 Å². The second-order valence-electron chi connectivity index (χ2n) is 16.6. The zero-order valence-corrected chi connectivity index (χ0v) is 41.5. The first-order valence-electron chi connectivity index (χ1n) is 21.8. The monoisotopic (exact) mass is 873 g/mol. The van der Waals surface area contributed by atoms with Gasteiger partial charge in [0.05, 0.1) is 0 Å². The van der Waals surface area contributed by atoms with Gasteiger partial charge in [0.2, 0.25) is 0 Å². The van der Waals surface area contributed by atoms with Gasteiger partial charge in [0, 0.05) is 0 Å². The van der Waals surface area contributed by atoms with Gasteiger partial charge in [0.15, 0.2) is 0 Å². The normalized spacial score (nSPS) is 14.4. The van der Waals surface area contributed by atoms with Crippen LogP contribution in [0.15, 0.2) is 116 Å². The van der Waals surface area contributed by atoms with E-state index in [0.29, 0.717) is 0 Å². The molecule has 0 atom stereocenters. The van der Waals surface area contributed by atoms with Crippen LogP contribution in [0.1, 0.15) is 199 Å². The molecule has 0 aliphatic heterocycles. The SMILES string of the molecule is CC=C(C)CCC=C(C)CCC=C(C)CCC=C(C)CCC=C(C)CCC=C(C)CCC=C(C)CCC=C(C)CCC=C(C)CCC=C(C)C.O=P([O-])([O-])[O-].O=P([O-])([O-])[O-]. The van der Waals surface area contributed by atoms with Gasteiger partial charge in [0.1, 0.15) is 0 Å². The van der Waals surface area contributed by atoms with Crippen LogP contribution in [-0.2, 0) is 9.13 Å². The van der Waals surface area contributed by atoms with Crippen LogP contribution in [-0.4, -0.2) is 0 Å². The number of hydrogen-bond donors (Lipinski definition) is 0. The highest BCUT2D eigenvalue weighted by atomic mass is 31.2. The molecule has 0 radical (unpaired) electrons. The Bertz CT molecular complexity index is 1550. The van der Waals surface area contributed by atoms with Gasteiger partial charge in [-0.2, -0.15) is 15.6 Å². The third kappa shape index (κ3) is 57.7. The molecule has 0 aliphatic carbocycles. The van der Waals surface area contributed by atoms with Crippen molar-refractivity contribution in [2.75, 3.05) is 0 Å². The van der Waals surface area contributed by atoms with E-state index in [2.05, 4.69) is 144 Å². The molecule has 0 aromatic rings. The summed E-state index contributed by atoms with van der Waals surface area (Å²) in [4.78, 5) is 51.3. The molecule has 0 heterocycles. The third-order valence-corrected chi connectivity index (χ3v) is 9.84. The quantitative estimate of drug-likeness (QED) is 0.0579. The smallest absolute Gasteiger partial charge is 0.0288 e. The summed E-state index contributed by atoms with van der Waals surface area (Å²) in [5.41, 5.74) is 15.2. The molecule has 8 nitrogen and oxygen atoms in total. The second kappa shape index (κ2) is 38.3. The molecule has 0 saturated carbocycles. The van der Waals surface area contributed by atoms with Gasteiger partial charge < -0.3 is 38.5 Å². The first-order chi connectivity index (χ1) is 27.8. The van der Waals surface area contributed by atoms with Gasteiger partial charge in [-0.05, 0) is 199 Å². The topological polar surface area (TPSA) is 172 Å². The Morgan fingerprint density at radius 3 is 0.567 bits per heavy atom. The van der Waals surface area contributed by atoms with Crippen molar-refractivity contribution in [1.82, 2.24) is 0 Å². The number of rotatable bonds is 27. The molecule has 0 amide bonds. The fraction of sp³-hybridized carbons (Fsp3) is 0.600. The molecule has 0 aliphatic rings. The van der Waals surface area contributed by atoms with Gasteiger partial charge in [-0.1, -0.05) is 116 Å². The average Bonchev–Trinajstić information content (AvgIpc) is 3.10. The third-order valence-electron chi connectivity index (χ3n) is 9.84. The second-order valence-corrected chi connectivity index (χ2v) is 18.4. The van der Waals surface area contributed by atoms with E-state index < -0.39 is 15.6 Å². The zero-order valence-electron chi connectivity index (χ0n) is 39.7. The van der Waals surface area contributed by atoms with Gasteiger partial charge in [-0.3, -0.25) is 0 Å². The summed E-state index contributed by atoms with van der Waals surface area (Å²) >= 11 is 0. The molecule has 0 N–H and O–H groups in total. The van der Waals surface area contributed by atoms with E-state index in [4.69, 9.17) is 38.5 Å². The van der Waals surface area contributed by atoms with E-state index >= 15 is 0 Å². The maximum absolute atomic E-state index is 8.55. The lowest BCUT2D eigenvalue weighted by molar-refractivity contribution is -0.434. The largest absolute Gasteiger partial charge is 0.822 e. The predicted molar refractivity (Wildman–Crippen MR) is 247 cm³/mol. The van der Waals surface area contributed by atoms with E-state index in [-0.39, 0.29) is 0 Å². The van der Waals surface area contributed by atoms with Gasteiger partial charge in [0.25, 0.3) is 0 Å². The Balaban J connectivity index is -0.00000288. The average molecular weight is 873 g/mol. The summed E-state index contributed by atoms with van der Waals surface area (Å²) in [6.07, 6.45) is 45.4. The molecule has 0 rings (SSSR count). The van der Waals surface area contributed by atoms with Crippen LogP contribution in [0.4, 0.5) is 0 Å². The minimum atomic E-state index is -5.39. The van der Waals surface area contributed by atoms with Gasteiger partial charge in [-0.25, -0.2) is 0 Å². The Morgan fingerprint density at radius 1 is 0.300 bits per heavy atom. The van der Waals surface area contributed by atoms with Crippen molar-refractivity contribution >= 4 is 15.6 Å². The van der Waals surface area contributed by atoms with Crippen molar-refractivity contribution in [3.05, 3.63) is 116 Å². The maximum atomic E-state index is 8.55. The van der Waals surface area contributed by atoms with E-state index in [9.17, 15) is 0 Å². The minimum Gasteiger partial charge on any atom is -0.822 e. The molecule has 0 aromatic heterocycles. The molecule has 0 fully saturated rings. The first kappa shape index (κ1) is 61.9. The highest BCUT2D eigenvalue weighted by Gasteiger charge is 1.98. The summed E-state index contributed by atoms with van der Waals surface area (Å²) in [5.74, 6) is 0. The van der Waals surface area contributed by atoms with Crippen LogP contribution >= 0.6 is 15.6 Å². The van der Waals surface area contributed by atoms with Crippen molar-refractivity contribution in [2.45, 2.75) is 199 Å². The molecular formula is C50H82O8P2-6. The van der Waals surface area contributed by atoms with Crippen molar-refractivity contribution in [2.24, 2.45) is 0 Å². The Morgan fingerprint density at radius 2 is 0.433 bits per heavy atom. The van der Waals surface area contributed by atoms with Crippen LogP contribution in [0.5, 0.6) is 0 Å². The van der Waals surface area contributed by atoms with E-state index in [1.807, 2.05) is 0 Å². The molecule has 60 heavy (non-hydrogen) atoms. The summed E-state index contributed by atoms with van der Waals surface area (Å²) in [5, 5.41) is 0. The Labute approximate surface area is 368 Å². The number of allylic oxidation sites excluding steroid dienone is 20. The Hall–Kier alpha value is -2.38. The molecule has 10 heteroatoms. The zero-order chi connectivity index (χ0) is 46.6. The van der Waals surface area contributed by atoms with E-state index in [0.717, 1.165) is 19.3 Å². The minimum absolute atomic E-state index is 1.16. The molecule has 0 aromatic carbocycles.